The SMILES string of the molecule is CC1CNC(C2CC2)CN1C1CCOC1. The van der Waals surface area contributed by atoms with E-state index < -0.39 is 0 Å². The Labute approximate surface area is 92.2 Å². The topological polar surface area (TPSA) is 24.5 Å². The summed E-state index contributed by atoms with van der Waals surface area (Å²) in [6, 6.07) is 2.15. The van der Waals surface area contributed by atoms with Gasteiger partial charge in [-0.05, 0) is 32.1 Å². The number of nitrogens with zero attached hydrogens (tertiary/aromatic N) is 1. The van der Waals surface area contributed by atoms with Crippen molar-refractivity contribution in [2.24, 2.45) is 5.92 Å². The zero-order valence-electron chi connectivity index (χ0n) is 9.61. The van der Waals surface area contributed by atoms with Gasteiger partial charge in [-0.25, -0.2) is 0 Å². The molecule has 0 amide bonds. The second kappa shape index (κ2) is 4.04. The van der Waals surface area contributed by atoms with Crippen molar-refractivity contribution < 1.29 is 4.74 Å². The van der Waals surface area contributed by atoms with E-state index in [4.69, 9.17) is 4.74 Å². The van der Waals surface area contributed by atoms with E-state index >= 15 is 0 Å². The molecule has 0 spiro atoms. The van der Waals surface area contributed by atoms with Gasteiger partial charge in [0.15, 0.2) is 0 Å². The minimum absolute atomic E-state index is 0.687. The van der Waals surface area contributed by atoms with Crippen LogP contribution in [0.3, 0.4) is 0 Å². The molecule has 0 radical (unpaired) electrons. The first-order chi connectivity index (χ1) is 7.34. The van der Waals surface area contributed by atoms with Crippen LogP contribution in [-0.2, 0) is 4.74 Å². The molecule has 1 aliphatic carbocycles. The molecule has 3 fully saturated rings. The number of hydrogen-bond acceptors (Lipinski definition) is 3. The molecule has 2 aliphatic heterocycles. The summed E-state index contributed by atoms with van der Waals surface area (Å²) in [7, 11) is 0. The van der Waals surface area contributed by atoms with Gasteiger partial charge in [0.25, 0.3) is 0 Å². The zero-order valence-corrected chi connectivity index (χ0v) is 9.61. The molecule has 3 atom stereocenters. The van der Waals surface area contributed by atoms with Crippen LogP contribution in [0.1, 0.15) is 26.2 Å². The number of piperazine rings is 1. The maximum Gasteiger partial charge on any atom is 0.0622 e. The molecule has 1 N–H and O–H groups in total. The Morgan fingerprint density at radius 2 is 2.13 bits per heavy atom. The van der Waals surface area contributed by atoms with Crippen LogP contribution in [0.25, 0.3) is 0 Å². The van der Waals surface area contributed by atoms with E-state index in [2.05, 4.69) is 17.1 Å². The van der Waals surface area contributed by atoms with Crippen LogP contribution in [-0.4, -0.2) is 49.3 Å². The Morgan fingerprint density at radius 3 is 2.80 bits per heavy atom. The Balaban J connectivity index is 1.63. The van der Waals surface area contributed by atoms with Crippen molar-refractivity contribution in [3.8, 4) is 0 Å². The highest BCUT2D eigenvalue weighted by atomic mass is 16.5. The normalized spacial score (nSPS) is 43.4. The monoisotopic (exact) mass is 210 g/mol. The van der Waals surface area contributed by atoms with Gasteiger partial charge in [0.1, 0.15) is 0 Å². The molecule has 0 aromatic rings. The summed E-state index contributed by atoms with van der Waals surface area (Å²) < 4.78 is 5.51. The second-order valence-electron chi connectivity index (χ2n) is 5.42. The van der Waals surface area contributed by atoms with Gasteiger partial charge in [-0.3, -0.25) is 4.90 Å². The molecule has 0 bridgehead atoms. The van der Waals surface area contributed by atoms with Crippen molar-refractivity contribution in [2.45, 2.75) is 44.3 Å². The number of hydrogen-bond donors (Lipinski definition) is 1. The third kappa shape index (κ3) is 2.05. The van der Waals surface area contributed by atoms with Crippen LogP contribution in [0.5, 0.6) is 0 Å². The summed E-state index contributed by atoms with van der Waals surface area (Å²) >= 11 is 0. The standard InChI is InChI=1S/C12H22N2O/c1-9-6-13-12(10-2-3-10)7-14(9)11-4-5-15-8-11/h9-13H,2-8H2,1H3. The molecule has 86 valence electrons. The smallest absolute Gasteiger partial charge is 0.0622 e. The summed E-state index contributed by atoms with van der Waals surface area (Å²) in [4.78, 5) is 2.69. The Kier molecular flexibility index (Phi) is 2.71. The highest BCUT2D eigenvalue weighted by Crippen LogP contribution is 2.35. The largest absolute Gasteiger partial charge is 0.380 e. The van der Waals surface area contributed by atoms with Crippen LogP contribution >= 0.6 is 0 Å². The third-order valence-corrected chi connectivity index (χ3v) is 4.21. The minimum atomic E-state index is 0.687. The molecule has 2 saturated heterocycles. The number of nitrogens with one attached hydrogen (secondary N) is 1. The van der Waals surface area contributed by atoms with Crippen LogP contribution in [0, 0.1) is 5.92 Å². The molecule has 0 aromatic heterocycles. The number of rotatable bonds is 2. The summed E-state index contributed by atoms with van der Waals surface area (Å²) in [6.45, 7) is 6.68. The number of ether oxygens (including phenoxy) is 1. The molecule has 3 aliphatic rings. The summed E-state index contributed by atoms with van der Waals surface area (Å²) in [5, 5.41) is 3.70. The molecule has 3 heteroatoms. The van der Waals surface area contributed by atoms with Gasteiger partial charge >= 0.3 is 0 Å². The molecule has 3 unspecified atom stereocenters. The van der Waals surface area contributed by atoms with Crippen LogP contribution in [0.4, 0.5) is 0 Å². The highest BCUT2D eigenvalue weighted by Gasteiger charge is 2.38. The van der Waals surface area contributed by atoms with Gasteiger partial charge < -0.3 is 10.1 Å². The first-order valence-corrected chi connectivity index (χ1v) is 6.41. The maximum absolute atomic E-state index is 5.51. The first kappa shape index (κ1) is 10.1. The summed E-state index contributed by atoms with van der Waals surface area (Å²) in [5.74, 6) is 0.974. The molecule has 1 saturated carbocycles. The molecular formula is C12H22N2O. The fourth-order valence-electron chi connectivity index (χ4n) is 3.02. The molecular weight excluding hydrogens is 188 g/mol. The van der Waals surface area contributed by atoms with E-state index in [9.17, 15) is 0 Å². The quantitative estimate of drug-likeness (QED) is 0.731. The lowest BCUT2D eigenvalue weighted by Crippen LogP contribution is -2.59. The lowest BCUT2D eigenvalue weighted by atomic mass is 10.0. The van der Waals surface area contributed by atoms with E-state index in [1.165, 1.54) is 25.8 Å². The van der Waals surface area contributed by atoms with E-state index in [0.29, 0.717) is 12.1 Å². The average Bonchev–Trinajstić information content (AvgIpc) is 2.95. The fraction of sp³-hybridized carbons (Fsp3) is 1.00. The molecule has 0 aromatic carbocycles. The Morgan fingerprint density at radius 1 is 1.27 bits per heavy atom. The molecule has 2 heterocycles. The van der Waals surface area contributed by atoms with E-state index in [-0.39, 0.29) is 0 Å². The summed E-state index contributed by atoms with van der Waals surface area (Å²) in [6.07, 6.45) is 4.13. The van der Waals surface area contributed by atoms with Gasteiger partial charge in [0, 0.05) is 37.8 Å². The van der Waals surface area contributed by atoms with Crippen LogP contribution in [0.2, 0.25) is 0 Å². The fourth-order valence-corrected chi connectivity index (χ4v) is 3.02. The highest BCUT2D eigenvalue weighted by molar-refractivity contribution is 4.95. The minimum Gasteiger partial charge on any atom is -0.380 e. The molecule has 3 nitrogen and oxygen atoms in total. The molecule has 15 heavy (non-hydrogen) atoms. The first-order valence-electron chi connectivity index (χ1n) is 6.41. The maximum atomic E-state index is 5.51. The van der Waals surface area contributed by atoms with Crippen molar-refractivity contribution in [2.75, 3.05) is 26.3 Å². The lowest BCUT2D eigenvalue weighted by Gasteiger charge is -2.42. The zero-order chi connectivity index (χ0) is 10.3. The van der Waals surface area contributed by atoms with E-state index in [0.717, 1.165) is 31.7 Å². The Bertz CT molecular complexity index is 224. The van der Waals surface area contributed by atoms with Gasteiger partial charge in [-0.15, -0.1) is 0 Å². The van der Waals surface area contributed by atoms with Gasteiger partial charge in [0.2, 0.25) is 0 Å². The van der Waals surface area contributed by atoms with Gasteiger partial charge in [-0.1, -0.05) is 0 Å². The predicted octanol–water partition coefficient (Wildman–Crippen LogP) is 0.848. The van der Waals surface area contributed by atoms with Crippen molar-refractivity contribution in [3.05, 3.63) is 0 Å². The van der Waals surface area contributed by atoms with Crippen molar-refractivity contribution in [1.29, 1.82) is 0 Å². The second-order valence-corrected chi connectivity index (χ2v) is 5.42. The van der Waals surface area contributed by atoms with Crippen LogP contribution < -0.4 is 5.32 Å². The van der Waals surface area contributed by atoms with Gasteiger partial charge in [-0.2, -0.15) is 0 Å². The molecule has 3 rings (SSSR count). The van der Waals surface area contributed by atoms with Crippen molar-refractivity contribution in [1.82, 2.24) is 10.2 Å². The predicted molar refractivity (Wildman–Crippen MR) is 59.9 cm³/mol. The van der Waals surface area contributed by atoms with Crippen LogP contribution in [0.15, 0.2) is 0 Å². The Hall–Kier alpha value is -0.120. The third-order valence-electron chi connectivity index (χ3n) is 4.21. The van der Waals surface area contributed by atoms with Gasteiger partial charge in [0.05, 0.1) is 6.61 Å². The van der Waals surface area contributed by atoms with E-state index in [1.54, 1.807) is 0 Å². The summed E-state index contributed by atoms with van der Waals surface area (Å²) in [5.41, 5.74) is 0. The van der Waals surface area contributed by atoms with E-state index in [1.807, 2.05) is 0 Å². The lowest BCUT2D eigenvalue weighted by molar-refractivity contribution is 0.0732. The average molecular weight is 210 g/mol. The van der Waals surface area contributed by atoms with Crippen molar-refractivity contribution >= 4 is 0 Å². The van der Waals surface area contributed by atoms with Crippen molar-refractivity contribution in [3.63, 3.8) is 0 Å².